The topological polar surface area (TPSA) is 122 Å². The van der Waals surface area contributed by atoms with Crippen LogP contribution >= 0.6 is 0 Å². The Morgan fingerprint density at radius 3 is 2.04 bits per heavy atom. The summed E-state index contributed by atoms with van der Waals surface area (Å²) in [6.07, 6.45) is 14.5. The molecule has 1 aromatic carbocycles. The van der Waals surface area contributed by atoms with Crippen LogP contribution in [-0.2, 0) is 0 Å². The molecule has 0 aliphatic rings. The quantitative estimate of drug-likeness (QED) is 0.104. The van der Waals surface area contributed by atoms with Crippen molar-refractivity contribution < 1.29 is 9.53 Å². The first-order valence-electron chi connectivity index (χ1n) is 16.3. The number of H-pyrrole nitrogens is 1. The largest absolute Gasteiger partial charge is 0.494 e. The normalized spacial score (nSPS) is 10.9. The average Bonchev–Trinajstić information content (AvgIpc) is 3.08. The van der Waals surface area contributed by atoms with Gasteiger partial charge in [-0.2, -0.15) is 0 Å². The van der Waals surface area contributed by atoms with Gasteiger partial charge >= 0.3 is 6.03 Å². The molecule has 1 unspecified atom stereocenters. The first-order valence-corrected chi connectivity index (χ1v) is 16.3. The van der Waals surface area contributed by atoms with Gasteiger partial charge in [-0.1, -0.05) is 63.2 Å². The summed E-state index contributed by atoms with van der Waals surface area (Å²) in [5.41, 5.74) is 3.85. The number of hydrogen-bond donors (Lipinski definition) is 3. The van der Waals surface area contributed by atoms with Crippen LogP contribution in [0.5, 0.6) is 5.75 Å². The van der Waals surface area contributed by atoms with Crippen molar-refractivity contribution in [3.8, 4) is 29.4 Å². The zero-order valence-corrected chi connectivity index (χ0v) is 27.1. The van der Waals surface area contributed by atoms with Crippen LogP contribution in [0.3, 0.4) is 0 Å². The minimum atomic E-state index is -0.384. The van der Waals surface area contributed by atoms with E-state index in [-0.39, 0.29) is 23.5 Å². The number of pyridine rings is 2. The van der Waals surface area contributed by atoms with Gasteiger partial charge in [0.15, 0.2) is 0 Å². The van der Waals surface area contributed by atoms with Crippen molar-refractivity contribution >= 4 is 12.0 Å². The number of benzene rings is 1. The maximum Gasteiger partial charge on any atom is 0.321 e. The molecule has 9 heteroatoms. The van der Waals surface area contributed by atoms with Crippen molar-refractivity contribution in [3.63, 3.8) is 0 Å². The third-order valence-corrected chi connectivity index (χ3v) is 7.41. The Morgan fingerprint density at radius 1 is 0.809 bits per heavy atom. The number of aromatic nitrogens is 4. The smallest absolute Gasteiger partial charge is 0.321 e. The predicted octanol–water partition coefficient (Wildman–Crippen LogP) is 6.80. The molecule has 0 bridgehead atoms. The standard InChI is InChI=1S/C38H42N6O3/c1-3-5-10-33(4-2)35-28-36(45)43-37(42-35)44-38(46)41-19-8-6-7-9-24-47-34-26-31(13-11-29-15-20-39-21-16-29)25-32(27-34)14-12-30-17-22-40-23-18-30/h15-18,20-23,25-28,33H,3-10,19,24H2,1-2H3,(H3,41,42,43,44,45,46). The van der Waals surface area contributed by atoms with E-state index in [1.165, 1.54) is 6.07 Å². The number of unbranched alkanes of at least 4 members (excludes halogenated alkanes) is 4. The van der Waals surface area contributed by atoms with E-state index in [4.69, 9.17) is 4.74 Å². The first kappa shape index (κ1) is 34.5. The molecule has 3 N–H and O–H groups in total. The van der Waals surface area contributed by atoms with Crippen LogP contribution in [0, 0.1) is 23.7 Å². The summed E-state index contributed by atoms with van der Waals surface area (Å²) < 4.78 is 6.10. The molecule has 3 aromatic heterocycles. The summed E-state index contributed by atoms with van der Waals surface area (Å²) in [4.78, 5) is 39.8. The fraction of sp³-hybridized carbons (Fsp3) is 0.342. The Morgan fingerprint density at radius 2 is 1.43 bits per heavy atom. The summed E-state index contributed by atoms with van der Waals surface area (Å²) in [7, 11) is 0. The van der Waals surface area contributed by atoms with E-state index in [1.54, 1.807) is 24.8 Å². The summed E-state index contributed by atoms with van der Waals surface area (Å²) in [5.74, 6) is 13.9. The van der Waals surface area contributed by atoms with Crippen LogP contribution in [0.2, 0.25) is 0 Å². The molecule has 1 atom stereocenters. The number of aromatic amines is 1. The maximum atomic E-state index is 12.4. The summed E-state index contributed by atoms with van der Waals surface area (Å²) in [6, 6.07) is 14.4. The fourth-order valence-corrected chi connectivity index (χ4v) is 4.87. The summed E-state index contributed by atoms with van der Waals surface area (Å²) in [6.45, 7) is 5.30. The average molecular weight is 631 g/mol. The molecular formula is C38H42N6O3. The number of rotatable bonds is 14. The van der Waals surface area contributed by atoms with Gasteiger partial charge in [0.05, 0.1) is 12.3 Å². The lowest BCUT2D eigenvalue weighted by atomic mass is 9.96. The van der Waals surface area contributed by atoms with E-state index in [1.807, 2.05) is 42.5 Å². The number of anilines is 1. The Labute approximate surface area is 277 Å². The second-order valence-electron chi connectivity index (χ2n) is 11.1. The zero-order chi connectivity index (χ0) is 33.1. The van der Waals surface area contributed by atoms with E-state index in [0.717, 1.165) is 85.1 Å². The highest BCUT2D eigenvalue weighted by Crippen LogP contribution is 2.23. The molecule has 0 saturated carbocycles. The number of nitrogens with zero attached hydrogens (tertiary/aromatic N) is 3. The molecular weight excluding hydrogens is 588 g/mol. The first-order chi connectivity index (χ1) is 23.0. The summed E-state index contributed by atoms with van der Waals surface area (Å²) >= 11 is 0. The second kappa shape index (κ2) is 19.2. The highest BCUT2D eigenvalue weighted by Gasteiger charge is 2.14. The Balaban J connectivity index is 1.22. The lowest BCUT2D eigenvalue weighted by molar-refractivity contribution is 0.251. The van der Waals surface area contributed by atoms with Crippen molar-refractivity contribution in [3.05, 3.63) is 112 Å². The van der Waals surface area contributed by atoms with E-state index in [2.05, 4.69) is 68.1 Å². The lowest BCUT2D eigenvalue weighted by Crippen LogP contribution is -2.31. The molecule has 4 aromatic rings. The number of ether oxygens (including phenoxy) is 1. The van der Waals surface area contributed by atoms with Gasteiger partial charge in [-0.3, -0.25) is 25.1 Å². The predicted molar refractivity (Wildman–Crippen MR) is 185 cm³/mol. The molecule has 0 aliphatic carbocycles. The van der Waals surface area contributed by atoms with Crippen molar-refractivity contribution in [2.45, 2.75) is 71.1 Å². The number of carbonyl (C=O) groups is 1. The molecule has 2 amide bonds. The lowest BCUT2D eigenvalue weighted by Gasteiger charge is -2.14. The van der Waals surface area contributed by atoms with Crippen LogP contribution in [0.15, 0.2) is 78.1 Å². The molecule has 47 heavy (non-hydrogen) atoms. The molecule has 0 radical (unpaired) electrons. The Bertz CT molecular complexity index is 1680. The van der Waals surface area contributed by atoms with Gasteiger partial charge in [-0.25, -0.2) is 9.78 Å². The van der Waals surface area contributed by atoms with Crippen LogP contribution in [0.4, 0.5) is 10.7 Å². The minimum absolute atomic E-state index is 0.177. The third-order valence-electron chi connectivity index (χ3n) is 7.41. The number of nitrogens with one attached hydrogen (secondary N) is 3. The maximum absolute atomic E-state index is 12.4. The SMILES string of the molecule is CCCCC(CC)c1cc(=O)[nH]c(NC(=O)NCCCCCCOc2cc(C#Cc3ccncc3)cc(C#Cc3ccncc3)c2)n1. The molecule has 3 heterocycles. The van der Waals surface area contributed by atoms with Crippen LogP contribution < -0.4 is 20.9 Å². The molecule has 0 saturated heterocycles. The molecule has 9 nitrogen and oxygen atoms in total. The fourth-order valence-electron chi connectivity index (χ4n) is 4.87. The highest BCUT2D eigenvalue weighted by molar-refractivity contribution is 5.87. The van der Waals surface area contributed by atoms with Crippen LogP contribution in [0.25, 0.3) is 0 Å². The van der Waals surface area contributed by atoms with Gasteiger partial charge in [0.2, 0.25) is 5.95 Å². The van der Waals surface area contributed by atoms with Gasteiger partial charge < -0.3 is 10.1 Å². The van der Waals surface area contributed by atoms with Gasteiger partial charge in [-0.15, -0.1) is 0 Å². The van der Waals surface area contributed by atoms with Gasteiger partial charge in [0, 0.05) is 65.6 Å². The van der Waals surface area contributed by atoms with Crippen molar-refractivity contribution in [2.75, 3.05) is 18.5 Å². The number of carbonyl (C=O) groups excluding carboxylic acids is 1. The van der Waals surface area contributed by atoms with Crippen molar-refractivity contribution in [1.29, 1.82) is 0 Å². The molecule has 0 aliphatic heterocycles. The van der Waals surface area contributed by atoms with E-state index in [9.17, 15) is 9.59 Å². The zero-order valence-electron chi connectivity index (χ0n) is 27.1. The number of hydrogen-bond acceptors (Lipinski definition) is 6. The molecule has 242 valence electrons. The molecule has 4 rings (SSSR count). The number of urea groups is 1. The van der Waals surface area contributed by atoms with Gasteiger partial charge in [0.1, 0.15) is 5.75 Å². The van der Waals surface area contributed by atoms with Crippen molar-refractivity contribution in [1.82, 2.24) is 25.3 Å². The van der Waals surface area contributed by atoms with Crippen molar-refractivity contribution in [2.24, 2.45) is 0 Å². The summed E-state index contributed by atoms with van der Waals surface area (Å²) in [5, 5.41) is 5.52. The van der Waals surface area contributed by atoms with Gasteiger partial charge in [-0.05, 0) is 68.1 Å². The Kier molecular flexibility index (Phi) is 14.1. The van der Waals surface area contributed by atoms with E-state index in [0.29, 0.717) is 13.2 Å². The Hall–Kier alpha value is -5.41. The third kappa shape index (κ3) is 12.5. The van der Waals surface area contributed by atoms with E-state index < -0.39 is 0 Å². The van der Waals surface area contributed by atoms with Crippen LogP contribution in [-0.4, -0.2) is 39.1 Å². The highest BCUT2D eigenvalue weighted by atomic mass is 16.5. The monoisotopic (exact) mass is 630 g/mol. The van der Waals surface area contributed by atoms with E-state index >= 15 is 0 Å². The molecule has 0 fully saturated rings. The second-order valence-corrected chi connectivity index (χ2v) is 11.1. The van der Waals surface area contributed by atoms with Gasteiger partial charge in [0.25, 0.3) is 5.56 Å². The van der Waals surface area contributed by atoms with Crippen LogP contribution in [0.1, 0.15) is 99.1 Å². The minimum Gasteiger partial charge on any atom is -0.494 e. The molecule has 0 spiro atoms. The number of amides is 2.